The first-order valence-corrected chi connectivity index (χ1v) is 3.34. The molecular weight excluding hydrogens is 146 g/mol. The van der Waals surface area contributed by atoms with E-state index in [9.17, 15) is 0 Å². The molecular formula is C8H7ClN+. The summed E-state index contributed by atoms with van der Waals surface area (Å²) in [6.45, 7) is 1.76. The van der Waals surface area contributed by atoms with Crippen molar-refractivity contribution in [2.24, 2.45) is 0 Å². The van der Waals surface area contributed by atoms with Gasteiger partial charge in [-0.1, -0.05) is 11.6 Å². The topological polar surface area (TPSA) is 4.36 Å². The van der Waals surface area contributed by atoms with Crippen LogP contribution in [0.4, 0.5) is 5.69 Å². The number of hydrogen-bond acceptors (Lipinski definition) is 0. The van der Waals surface area contributed by atoms with Crippen LogP contribution in [0, 0.1) is 6.07 Å². The van der Waals surface area contributed by atoms with E-state index in [2.05, 4.69) is 10.9 Å². The van der Waals surface area contributed by atoms with Crippen molar-refractivity contribution in [1.82, 2.24) is 0 Å². The monoisotopic (exact) mass is 152 g/mol. The average Bonchev–Trinajstić information content (AvgIpc) is 1.95. The van der Waals surface area contributed by atoms with E-state index in [1.165, 1.54) is 0 Å². The van der Waals surface area contributed by atoms with Gasteiger partial charge in [0.1, 0.15) is 0 Å². The van der Waals surface area contributed by atoms with Crippen LogP contribution in [0.15, 0.2) is 24.3 Å². The molecule has 0 N–H and O–H groups in total. The molecule has 0 saturated carbocycles. The Morgan fingerprint density at radius 2 is 1.90 bits per heavy atom. The molecule has 1 nitrogen and oxygen atoms in total. The molecule has 1 rings (SSSR count). The predicted octanol–water partition coefficient (Wildman–Crippen LogP) is 3.32. The van der Waals surface area contributed by atoms with Gasteiger partial charge in [0.25, 0.3) is 6.07 Å². The van der Waals surface area contributed by atoms with Gasteiger partial charge in [0.15, 0.2) is 0 Å². The second kappa shape index (κ2) is 3.24. The van der Waals surface area contributed by atoms with Crippen LogP contribution in [0.3, 0.4) is 0 Å². The smallest absolute Gasteiger partial charge is 0.0843 e. The molecule has 0 amide bonds. The molecule has 0 bridgehead atoms. The molecule has 0 aliphatic rings. The van der Waals surface area contributed by atoms with Crippen LogP contribution >= 0.6 is 11.6 Å². The molecule has 0 atom stereocenters. The summed E-state index contributed by atoms with van der Waals surface area (Å²) < 4.78 is 0. The molecule has 0 unspecified atom stereocenters. The zero-order valence-corrected chi connectivity index (χ0v) is 6.39. The fourth-order valence-electron chi connectivity index (χ4n) is 0.645. The van der Waals surface area contributed by atoms with E-state index in [4.69, 9.17) is 11.6 Å². The first-order valence-electron chi connectivity index (χ1n) is 2.96. The lowest BCUT2D eigenvalue weighted by Gasteiger charge is -1.80. The third-order valence-corrected chi connectivity index (χ3v) is 1.32. The van der Waals surface area contributed by atoms with Crippen molar-refractivity contribution in [2.45, 2.75) is 6.92 Å². The molecule has 0 spiro atoms. The van der Waals surface area contributed by atoms with Crippen molar-refractivity contribution >= 4 is 17.3 Å². The Bertz CT molecular complexity index is 266. The largest absolute Gasteiger partial charge is 0.340 e. The average molecular weight is 153 g/mol. The molecule has 0 heterocycles. The van der Waals surface area contributed by atoms with Gasteiger partial charge in [-0.2, -0.15) is 0 Å². The van der Waals surface area contributed by atoms with Crippen LogP contribution in [0.25, 0.3) is 4.85 Å². The van der Waals surface area contributed by atoms with Gasteiger partial charge >= 0.3 is 5.69 Å². The van der Waals surface area contributed by atoms with E-state index in [-0.39, 0.29) is 0 Å². The number of hydrogen-bond donors (Lipinski definition) is 0. The van der Waals surface area contributed by atoms with Gasteiger partial charge < -0.3 is 0 Å². The molecule has 0 fully saturated rings. The van der Waals surface area contributed by atoms with E-state index < -0.39 is 0 Å². The molecule has 0 saturated heterocycles. The highest BCUT2D eigenvalue weighted by Crippen LogP contribution is 2.15. The maximum atomic E-state index is 5.65. The maximum Gasteiger partial charge on any atom is 0.340 e. The Balaban J connectivity index is 2.97. The summed E-state index contributed by atoms with van der Waals surface area (Å²) in [4.78, 5) is 3.94. The van der Waals surface area contributed by atoms with Gasteiger partial charge in [-0.15, -0.1) is 0 Å². The Hall–Kier alpha value is -1.00. The summed E-state index contributed by atoms with van der Waals surface area (Å²) in [5.74, 6) is 0. The third kappa shape index (κ3) is 1.75. The second-order valence-electron chi connectivity index (χ2n) is 1.81. The lowest BCUT2D eigenvalue weighted by molar-refractivity contribution is 1.70. The zero-order chi connectivity index (χ0) is 7.40. The Morgan fingerprint density at radius 3 is 2.40 bits per heavy atom. The lowest BCUT2D eigenvalue weighted by atomic mass is 10.3. The van der Waals surface area contributed by atoms with Gasteiger partial charge in [-0.3, -0.25) is 0 Å². The number of rotatable bonds is 0. The minimum absolute atomic E-state index is 0.732. The summed E-state index contributed by atoms with van der Waals surface area (Å²) in [7, 11) is 0. The first-order chi connectivity index (χ1) is 4.83. The highest BCUT2D eigenvalue weighted by atomic mass is 35.5. The molecule has 0 aliphatic carbocycles. The van der Waals surface area contributed by atoms with E-state index in [1.54, 1.807) is 19.1 Å². The normalized spacial score (nSPS) is 8.20. The third-order valence-electron chi connectivity index (χ3n) is 1.07. The van der Waals surface area contributed by atoms with Crippen molar-refractivity contribution < 1.29 is 0 Å². The number of halogens is 1. The lowest BCUT2D eigenvalue weighted by Crippen LogP contribution is -1.60. The van der Waals surface area contributed by atoms with Crippen molar-refractivity contribution in [2.75, 3.05) is 0 Å². The van der Waals surface area contributed by atoms with Gasteiger partial charge in [-0.05, 0) is 17.0 Å². The molecule has 0 aliphatic heterocycles. The first kappa shape index (κ1) is 7.11. The van der Waals surface area contributed by atoms with Gasteiger partial charge in [-0.25, -0.2) is 0 Å². The predicted molar refractivity (Wildman–Crippen MR) is 44.0 cm³/mol. The van der Waals surface area contributed by atoms with Gasteiger partial charge in [0.05, 0.1) is 6.92 Å². The van der Waals surface area contributed by atoms with E-state index >= 15 is 0 Å². The SMILES string of the molecule is CC#[N+]c1ccc(Cl)cc1. The van der Waals surface area contributed by atoms with E-state index in [1.807, 2.05) is 12.1 Å². The van der Waals surface area contributed by atoms with Crippen LogP contribution in [-0.4, -0.2) is 0 Å². The van der Waals surface area contributed by atoms with Crippen LogP contribution in [0.5, 0.6) is 0 Å². The second-order valence-corrected chi connectivity index (χ2v) is 2.25. The summed E-state index contributed by atoms with van der Waals surface area (Å²) >= 11 is 5.65. The molecule has 1 aromatic carbocycles. The fraction of sp³-hybridized carbons (Fsp3) is 0.125. The molecule has 1 aromatic rings. The van der Waals surface area contributed by atoms with Crippen LogP contribution in [0.1, 0.15) is 6.92 Å². The molecule has 50 valence electrons. The standard InChI is InChI=1S/C8H7ClN/c1-2-10-8-5-3-7(9)4-6-8/h3-6H,1H3/q+1. The maximum absolute atomic E-state index is 5.65. The Morgan fingerprint density at radius 1 is 1.30 bits per heavy atom. The number of nitrogens with zero attached hydrogens (tertiary/aromatic N) is 1. The zero-order valence-electron chi connectivity index (χ0n) is 5.63. The Kier molecular flexibility index (Phi) is 2.30. The Labute approximate surface area is 65.1 Å². The number of benzene rings is 1. The summed E-state index contributed by atoms with van der Waals surface area (Å²) in [5.41, 5.74) is 0.881. The molecule has 0 aromatic heterocycles. The highest BCUT2D eigenvalue weighted by molar-refractivity contribution is 6.30. The molecule has 0 radical (unpaired) electrons. The minimum Gasteiger partial charge on any atom is -0.0843 e. The minimum atomic E-state index is 0.732. The van der Waals surface area contributed by atoms with Crippen LogP contribution < -0.4 is 0 Å². The van der Waals surface area contributed by atoms with Crippen molar-refractivity contribution in [3.8, 4) is 6.07 Å². The summed E-state index contributed by atoms with van der Waals surface area (Å²) in [5, 5.41) is 0.732. The molecule has 2 heteroatoms. The van der Waals surface area contributed by atoms with Gasteiger partial charge in [0.2, 0.25) is 0 Å². The van der Waals surface area contributed by atoms with Gasteiger partial charge in [0, 0.05) is 17.2 Å². The van der Waals surface area contributed by atoms with Crippen LogP contribution in [0.2, 0.25) is 5.02 Å². The fourth-order valence-corrected chi connectivity index (χ4v) is 0.771. The van der Waals surface area contributed by atoms with Crippen LogP contribution in [-0.2, 0) is 0 Å². The summed E-state index contributed by atoms with van der Waals surface area (Å²) in [6, 6.07) is 9.98. The van der Waals surface area contributed by atoms with E-state index in [0.717, 1.165) is 10.7 Å². The van der Waals surface area contributed by atoms with Crippen molar-refractivity contribution in [3.05, 3.63) is 34.1 Å². The van der Waals surface area contributed by atoms with Crippen molar-refractivity contribution in [3.63, 3.8) is 0 Å². The molecule has 10 heavy (non-hydrogen) atoms. The van der Waals surface area contributed by atoms with Crippen molar-refractivity contribution in [1.29, 1.82) is 0 Å². The highest BCUT2D eigenvalue weighted by Gasteiger charge is 1.96. The quantitative estimate of drug-likeness (QED) is 0.537. The summed E-state index contributed by atoms with van der Waals surface area (Å²) in [6.07, 6.45) is 0. The van der Waals surface area contributed by atoms with E-state index in [0.29, 0.717) is 0 Å².